The van der Waals surface area contributed by atoms with Gasteiger partial charge in [0.15, 0.2) is 5.11 Å². The summed E-state index contributed by atoms with van der Waals surface area (Å²) in [4.78, 5) is 7.28. The largest absolute Gasteiger partial charge is 0.352 e. The van der Waals surface area contributed by atoms with Crippen molar-refractivity contribution in [1.82, 2.24) is 19.8 Å². The Balaban J connectivity index is 1.58. The maximum absolute atomic E-state index is 5.95. The van der Waals surface area contributed by atoms with Crippen molar-refractivity contribution >= 4 is 17.3 Å². The molecule has 5 heteroatoms. The average molecular weight is 423 g/mol. The van der Waals surface area contributed by atoms with Crippen molar-refractivity contribution in [3.05, 3.63) is 53.1 Å². The first-order valence-electron chi connectivity index (χ1n) is 11.8. The molecule has 2 aromatic rings. The molecule has 2 aromatic heterocycles. The Morgan fingerprint density at radius 3 is 2.37 bits per heavy atom. The summed E-state index contributed by atoms with van der Waals surface area (Å²) in [5, 5.41) is 4.59. The molecular weight excluding hydrogens is 388 g/mol. The van der Waals surface area contributed by atoms with E-state index < -0.39 is 0 Å². The van der Waals surface area contributed by atoms with Crippen LogP contribution in [0, 0.1) is 13.8 Å². The molecule has 0 radical (unpaired) electrons. The van der Waals surface area contributed by atoms with Crippen molar-refractivity contribution in [2.45, 2.75) is 95.8 Å². The highest BCUT2D eigenvalue weighted by Gasteiger charge is 2.44. The Hall–Kier alpha value is -1.88. The van der Waals surface area contributed by atoms with Crippen LogP contribution in [-0.2, 0) is 0 Å². The highest BCUT2D eigenvalue weighted by Crippen LogP contribution is 2.45. The van der Waals surface area contributed by atoms with Crippen LogP contribution in [-0.4, -0.2) is 25.6 Å². The summed E-state index contributed by atoms with van der Waals surface area (Å²) in [5.74, 6) is 0. The molecule has 160 valence electrons. The SMILES string of the molecule is Cc1cc([C@H]2[C@H](c3ccccn3)NC(=S)N2C2CCCCC2)c(C)n1C1CCCC1. The van der Waals surface area contributed by atoms with Gasteiger partial charge in [-0.1, -0.05) is 38.2 Å². The minimum atomic E-state index is 0.109. The van der Waals surface area contributed by atoms with E-state index in [9.17, 15) is 0 Å². The molecular formula is C25H34N4S. The molecule has 2 aliphatic carbocycles. The van der Waals surface area contributed by atoms with Crippen molar-refractivity contribution in [1.29, 1.82) is 0 Å². The Bertz CT molecular complexity index is 893. The summed E-state index contributed by atoms with van der Waals surface area (Å²) >= 11 is 5.95. The van der Waals surface area contributed by atoms with Crippen LogP contribution in [0.4, 0.5) is 0 Å². The first-order chi connectivity index (χ1) is 14.6. The molecule has 2 saturated carbocycles. The van der Waals surface area contributed by atoms with Crippen molar-refractivity contribution in [3.8, 4) is 0 Å². The van der Waals surface area contributed by atoms with Crippen LogP contribution < -0.4 is 5.32 Å². The van der Waals surface area contributed by atoms with E-state index in [2.05, 4.69) is 46.8 Å². The second-order valence-corrected chi connectivity index (χ2v) is 9.85. The highest BCUT2D eigenvalue weighted by atomic mass is 32.1. The topological polar surface area (TPSA) is 33.1 Å². The summed E-state index contributed by atoms with van der Waals surface area (Å²) in [5.41, 5.74) is 5.36. The highest BCUT2D eigenvalue weighted by molar-refractivity contribution is 7.80. The van der Waals surface area contributed by atoms with Gasteiger partial charge in [0.1, 0.15) is 0 Å². The van der Waals surface area contributed by atoms with Crippen LogP contribution >= 0.6 is 12.2 Å². The van der Waals surface area contributed by atoms with Crippen molar-refractivity contribution in [2.24, 2.45) is 0 Å². The lowest BCUT2D eigenvalue weighted by Crippen LogP contribution is -2.40. The van der Waals surface area contributed by atoms with Gasteiger partial charge in [0.25, 0.3) is 0 Å². The third kappa shape index (κ3) is 3.45. The molecule has 0 amide bonds. The number of hydrogen-bond donors (Lipinski definition) is 1. The van der Waals surface area contributed by atoms with Gasteiger partial charge in [-0.2, -0.15) is 0 Å². The standard InChI is InChI=1S/C25H34N4S/c1-17-16-21(18(2)28(17)19-12-6-7-13-19)24-23(22-14-8-9-15-26-22)27-25(30)29(24)20-10-4-3-5-11-20/h8-9,14-16,19-20,23-24H,3-7,10-13H2,1-2H3,(H,27,30)/t23-,24-/m0/s1. The molecule has 3 aliphatic rings. The van der Waals surface area contributed by atoms with E-state index in [4.69, 9.17) is 17.2 Å². The van der Waals surface area contributed by atoms with Crippen LogP contribution in [0.1, 0.15) is 98.6 Å². The molecule has 30 heavy (non-hydrogen) atoms. The van der Waals surface area contributed by atoms with Gasteiger partial charge in [-0.05, 0) is 75.5 Å². The molecule has 1 aliphatic heterocycles. The number of nitrogens with zero attached hydrogens (tertiary/aromatic N) is 3. The lowest BCUT2D eigenvalue weighted by molar-refractivity contribution is 0.196. The van der Waals surface area contributed by atoms with Crippen molar-refractivity contribution < 1.29 is 0 Å². The van der Waals surface area contributed by atoms with E-state index in [1.165, 1.54) is 74.7 Å². The molecule has 3 heterocycles. The quantitative estimate of drug-likeness (QED) is 0.620. The zero-order valence-electron chi connectivity index (χ0n) is 18.3. The molecule has 2 atom stereocenters. The molecule has 3 fully saturated rings. The average Bonchev–Trinajstić information content (AvgIpc) is 3.47. The molecule has 0 unspecified atom stereocenters. The first kappa shape index (κ1) is 20.0. The lowest BCUT2D eigenvalue weighted by atomic mass is 9.90. The number of rotatable bonds is 4. The lowest BCUT2D eigenvalue weighted by Gasteiger charge is -2.37. The van der Waals surface area contributed by atoms with Crippen molar-refractivity contribution in [2.75, 3.05) is 0 Å². The second kappa shape index (κ2) is 8.33. The molecule has 0 spiro atoms. The molecule has 0 aromatic carbocycles. The normalized spacial score (nSPS) is 25.8. The summed E-state index contributed by atoms with van der Waals surface area (Å²) in [6.07, 6.45) is 13.7. The number of thiocarbonyl (C=S) groups is 1. The third-order valence-electron chi connectivity index (χ3n) is 7.64. The van der Waals surface area contributed by atoms with Crippen LogP contribution in [0.3, 0.4) is 0 Å². The zero-order valence-corrected chi connectivity index (χ0v) is 19.1. The van der Waals surface area contributed by atoms with E-state index in [-0.39, 0.29) is 12.1 Å². The van der Waals surface area contributed by atoms with Gasteiger partial charge in [0, 0.05) is 29.7 Å². The number of nitrogens with one attached hydrogen (secondary N) is 1. The molecule has 0 bridgehead atoms. The summed E-state index contributed by atoms with van der Waals surface area (Å²) in [6, 6.07) is 10.2. The van der Waals surface area contributed by atoms with Gasteiger partial charge in [-0.25, -0.2) is 0 Å². The predicted octanol–water partition coefficient (Wildman–Crippen LogP) is 5.92. The minimum Gasteiger partial charge on any atom is -0.352 e. The zero-order chi connectivity index (χ0) is 20.7. The van der Waals surface area contributed by atoms with Crippen LogP contribution in [0.2, 0.25) is 0 Å². The second-order valence-electron chi connectivity index (χ2n) is 9.46. The minimum absolute atomic E-state index is 0.109. The monoisotopic (exact) mass is 422 g/mol. The van der Waals surface area contributed by atoms with Gasteiger partial charge < -0.3 is 14.8 Å². The molecule has 1 saturated heterocycles. The van der Waals surface area contributed by atoms with E-state index in [1.807, 2.05) is 12.3 Å². The maximum atomic E-state index is 5.95. The van der Waals surface area contributed by atoms with E-state index in [0.717, 1.165) is 10.8 Å². The number of aryl methyl sites for hydroxylation is 1. The Labute approximate surface area is 186 Å². The fraction of sp³-hybridized carbons (Fsp3) is 0.600. The smallest absolute Gasteiger partial charge is 0.170 e. The van der Waals surface area contributed by atoms with Crippen LogP contribution in [0.15, 0.2) is 30.5 Å². The van der Waals surface area contributed by atoms with Gasteiger partial charge in [-0.3, -0.25) is 4.98 Å². The Kier molecular flexibility index (Phi) is 5.57. The molecule has 5 rings (SSSR count). The fourth-order valence-corrected chi connectivity index (χ4v) is 6.67. The van der Waals surface area contributed by atoms with Gasteiger partial charge in [0.05, 0.1) is 17.8 Å². The van der Waals surface area contributed by atoms with Crippen LogP contribution in [0.25, 0.3) is 0 Å². The molecule has 1 N–H and O–H groups in total. The van der Waals surface area contributed by atoms with Gasteiger partial charge >= 0.3 is 0 Å². The van der Waals surface area contributed by atoms with E-state index >= 15 is 0 Å². The van der Waals surface area contributed by atoms with Crippen LogP contribution in [0.5, 0.6) is 0 Å². The Morgan fingerprint density at radius 2 is 1.67 bits per heavy atom. The maximum Gasteiger partial charge on any atom is 0.170 e. The summed E-state index contributed by atoms with van der Waals surface area (Å²) < 4.78 is 2.62. The van der Waals surface area contributed by atoms with E-state index in [1.54, 1.807) is 0 Å². The number of hydrogen-bond acceptors (Lipinski definition) is 2. The van der Waals surface area contributed by atoms with Crippen molar-refractivity contribution in [3.63, 3.8) is 0 Å². The first-order valence-corrected chi connectivity index (χ1v) is 12.2. The van der Waals surface area contributed by atoms with Gasteiger partial charge in [0.2, 0.25) is 0 Å². The third-order valence-corrected chi connectivity index (χ3v) is 7.96. The summed E-state index contributed by atoms with van der Waals surface area (Å²) in [7, 11) is 0. The fourth-order valence-electron chi connectivity index (χ4n) is 6.28. The number of aromatic nitrogens is 2. The number of pyridine rings is 1. The molecule has 4 nitrogen and oxygen atoms in total. The van der Waals surface area contributed by atoms with Gasteiger partial charge in [-0.15, -0.1) is 0 Å². The Morgan fingerprint density at radius 1 is 0.967 bits per heavy atom. The summed E-state index contributed by atoms with van der Waals surface area (Å²) in [6.45, 7) is 4.62. The van der Waals surface area contributed by atoms with E-state index in [0.29, 0.717) is 12.1 Å². The predicted molar refractivity (Wildman–Crippen MR) is 126 cm³/mol.